The Labute approximate surface area is 252 Å². The molecule has 8 nitrogen and oxygen atoms in total. The molecule has 0 N–H and O–H groups in total. The van der Waals surface area contributed by atoms with Crippen LogP contribution in [0.25, 0.3) is 27.6 Å². The predicted molar refractivity (Wildman–Crippen MR) is 156 cm³/mol. The van der Waals surface area contributed by atoms with Gasteiger partial charge in [-0.15, -0.1) is 24.2 Å². The van der Waals surface area contributed by atoms with E-state index in [1.54, 1.807) is 18.6 Å². The number of para-hydroxylation sites is 1. The van der Waals surface area contributed by atoms with Gasteiger partial charge in [-0.25, -0.2) is 15.0 Å². The van der Waals surface area contributed by atoms with Gasteiger partial charge in [-0.2, -0.15) is 23.9 Å². The molecule has 0 fully saturated rings. The summed E-state index contributed by atoms with van der Waals surface area (Å²) in [5.41, 5.74) is 3.89. The maximum absolute atomic E-state index is 6.22. The number of fused-ring (bicyclic) bond motifs is 4. The Hall–Kier alpha value is -4.29. The Morgan fingerprint density at radius 2 is 1.59 bits per heavy atom. The van der Waals surface area contributed by atoms with E-state index in [4.69, 9.17) is 9.72 Å². The van der Waals surface area contributed by atoms with E-state index in [1.807, 2.05) is 47.9 Å². The van der Waals surface area contributed by atoms with E-state index in [0.717, 1.165) is 44.9 Å². The molecule has 0 amide bonds. The first-order valence-electron chi connectivity index (χ1n) is 13.0. The number of hydrogen-bond donors (Lipinski definition) is 0. The van der Waals surface area contributed by atoms with Crippen molar-refractivity contribution in [3.05, 3.63) is 104 Å². The molecule has 1 aliphatic rings. The Kier molecular flexibility index (Phi) is 6.74. The zero-order valence-corrected chi connectivity index (χ0v) is 25.2. The van der Waals surface area contributed by atoms with Crippen molar-refractivity contribution in [1.29, 1.82) is 0 Å². The van der Waals surface area contributed by atoms with Crippen LogP contribution in [0.5, 0.6) is 11.6 Å². The van der Waals surface area contributed by atoms with Crippen molar-refractivity contribution in [2.24, 2.45) is 0 Å². The van der Waals surface area contributed by atoms with Crippen LogP contribution in [0.3, 0.4) is 0 Å². The van der Waals surface area contributed by atoms with Crippen LogP contribution in [0, 0.1) is 18.8 Å². The molecular formula is C32H26N7OPt-3. The van der Waals surface area contributed by atoms with Crippen LogP contribution < -0.4 is 14.5 Å². The molecule has 6 aromatic rings. The SMILES string of the molecule is CN1[CH-]N(c2[c-]c(Oc3[c-]c4c(cc3)c3ccccc3n4-c3cc(C(C)(C)C)ccn3)ncc2)c2nccnc21.[Pt]. The zero-order chi connectivity index (χ0) is 27.4. The van der Waals surface area contributed by atoms with Crippen molar-refractivity contribution in [3.8, 4) is 17.4 Å². The molecule has 0 spiro atoms. The Bertz CT molecular complexity index is 1900. The summed E-state index contributed by atoms with van der Waals surface area (Å²) in [6, 6.07) is 25.1. The minimum Gasteiger partial charge on any atom is -0.487 e. The molecule has 0 bridgehead atoms. The number of pyridine rings is 2. The van der Waals surface area contributed by atoms with Crippen LogP contribution in [0.4, 0.5) is 17.3 Å². The van der Waals surface area contributed by atoms with Crippen LogP contribution in [0.1, 0.15) is 26.3 Å². The summed E-state index contributed by atoms with van der Waals surface area (Å²) in [6.45, 7) is 8.53. The molecule has 41 heavy (non-hydrogen) atoms. The largest absolute Gasteiger partial charge is 0.487 e. The Morgan fingerprint density at radius 3 is 2.41 bits per heavy atom. The minimum atomic E-state index is -0.00533. The van der Waals surface area contributed by atoms with Gasteiger partial charge in [-0.05, 0) is 47.8 Å². The summed E-state index contributed by atoms with van der Waals surface area (Å²) in [4.78, 5) is 21.9. The average Bonchev–Trinajstić information content (AvgIpc) is 3.47. The summed E-state index contributed by atoms with van der Waals surface area (Å²) in [5.74, 6) is 3.20. The van der Waals surface area contributed by atoms with Gasteiger partial charge >= 0.3 is 0 Å². The summed E-state index contributed by atoms with van der Waals surface area (Å²) in [6.07, 6.45) is 6.92. The van der Waals surface area contributed by atoms with Crippen molar-refractivity contribution in [1.82, 2.24) is 24.5 Å². The smallest absolute Gasteiger partial charge is 0.143 e. The fourth-order valence-electron chi connectivity index (χ4n) is 5.04. The molecule has 0 saturated carbocycles. The summed E-state index contributed by atoms with van der Waals surface area (Å²) in [7, 11) is 1.93. The fourth-order valence-corrected chi connectivity index (χ4v) is 5.04. The molecule has 5 heterocycles. The van der Waals surface area contributed by atoms with Crippen LogP contribution in [-0.4, -0.2) is 31.6 Å². The van der Waals surface area contributed by atoms with Crippen molar-refractivity contribution in [3.63, 3.8) is 0 Å². The van der Waals surface area contributed by atoms with E-state index in [2.05, 4.69) is 88.8 Å². The van der Waals surface area contributed by atoms with Gasteiger partial charge in [-0.3, -0.25) is 4.98 Å². The number of ether oxygens (including phenoxy) is 1. The third-order valence-corrected chi connectivity index (χ3v) is 7.03. The number of nitrogens with zero attached hydrogens (tertiary/aromatic N) is 7. The molecule has 208 valence electrons. The van der Waals surface area contributed by atoms with Gasteiger partial charge in [0.25, 0.3) is 0 Å². The van der Waals surface area contributed by atoms with E-state index in [9.17, 15) is 0 Å². The first-order valence-corrected chi connectivity index (χ1v) is 13.0. The monoisotopic (exact) mass is 719 g/mol. The molecule has 0 unspecified atom stereocenters. The van der Waals surface area contributed by atoms with Gasteiger partial charge in [-0.1, -0.05) is 44.5 Å². The van der Waals surface area contributed by atoms with Gasteiger partial charge in [0.05, 0.1) is 0 Å². The molecule has 0 saturated heterocycles. The molecule has 7 rings (SSSR count). The standard InChI is InChI=1S/C32H26N7O.Pt/c1-32(2,3)21-11-13-33-28(17-21)39-26-8-6-5-7-24(26)25-10-9-23(19-27(25)39)40-29-18-22(12-14-34-29)38-20-37(4)30-31(38)36-16-15-35-30;/h5-17,20H,1-4H3;/q-3;. The summed E-state index contributed by atoms with van der Waals surface area (Å²) in [5, 5.41) is 2.20. The zero-order valence-electron chi connectivity index (χ0n) is 22.9. The molecule has 9 heteroatoms. The summed E-state index contributed by atoms with van der Waals surface area (Å²) >= 11 is 0. The Balaban J connectivity index is 0.00000302. The number of aromatic nitrogens is 5. The molecule has 0 aliphatic carbocycles. The third-order valence-electron chi connectivity index (χ3n) is 7.03. The van der Waals surface area contributed by atoms with E-state index >= 15 is 0 Å². The quantitative estimate of drug-likeness (QED) is 0.187. The van der Waals surface area contributed by atoms with Gasteiger partial charge < -0.3 is 19.1 Å². The minimum absolute atomic E-state index is 0. The second-order valence-corrected chi connectivity index (χ2v) is 10.8. The maximum atomic E-state index is 6.22. The van der Waals surface area contributed by atoms with Crippen LogP contribution >= 0.6 is 0 Å². The second kappa shape index (κ2) is 10.3. The van der Waals surface area contributed by atoms with Crippen molar-refractivity contribution < 1.29 is 25.8 Å². The van der Waals surface area contributed by atoms with E-state index < -0.39 is 0 Å². The van der Waals surface area contributed by atoms with E-state index in [-0.39, 0.29) is 26.5 Å². The molecular weight excluding hydrogens is 693 g/mol. The summed E-state index contributed by atoms with van der Waals surface area (Å²) < 4.78 is 8.36. The average molecular weight is 720 g/mol. The number of hydrogen-bond acceptors (Lipinski definition) is 7. The van der Waals surface area contributed by atoms with Crippen LogP contribution in [0.15, 0.2) is 79.4 Å². The Morgan fingerprint density at radius 1 is 0.805 bits per heavy atom. The van der Waals surface area contributed by atoms with Gasteiger partial charge in [0.15, 0.2) is 0 Å². The van der Waals surface area contributed by atoms with E-state index in [1.165, 1.54) is 5.56 Å². The van der Waals surface area contributed by atoms with Crippen molar-refractivity contribution in [2.75, 3.05) is 16.8 Å². The van der Waals surface area contributed by atoms with Crippen molar-refractivity contribution >= 4 is 39.1 Å². The fraction of sp³-hybridized carbons (Fsp3) is 0.156. The van der Waals surface area contributed by atoms with Crippen LogP contribution in [0.2, 0.25) is 0 Å². The van der Waals surface area contributed by atoms with Gasteiger partial charge in [0.1, 0.15) is 23.3 Å². The third kappa shape index (κ3) is 4.72. The van der Waals surface area contributed by atoms with E-state index in [0.29, 0.717) is 11.6 Å². The number of rotatable bonds is 4. The predicted octanol–water partition coefficient (Wildman–Crippen LogP) is 6.76. The van der Waals surface area contributed by atoms with Crippen molar-refractivity contribution in [2.45, 2.75) is 26.2 Å². The molecule has 4 aromatic heterocycles. The topological polar surface area (TPSA) is 72.2 Å². The number of anilines is 3. The van der Waals surface area contributed by atoms with Gasteiger partial charge in [0.2, 0.25) is 0 Å². The molecule has 1 aliphatic heterocycles. The first-order chi connectivity index (χ1) is 19.4. The van der Waals surface area contributed by atoms with Gasteiger partial charge in [0, 0.05) is 50.9 Å². The first kappa shape index (κ1) is 26.9. The van der Waals surface area contributed by atoms with Crippen LogP contribution in [-0.2, 0) is 26.5 Å². The second-order valence-electron chi connectivity index (χ2n) is 10.8. The molecule has 0 atom stereocenters. The number of benzene rings is 2. The molecule has 2 aromatic carbocycles. The normalized spacial score (nSPS) is 13.0. The molecule has 0 radical (unpaired) electrons. The maximum Gasteiger partial charge on any atom is 0.143 e.